The van der Waals surface area contributed by atoms with Crippen molar-refractivity contribution in [2.45, 2.75) is 90.1 Å². The van der Waals surface area contributed by atoms with Gasteiger partial charge in [-0.3, -0.25) is 9.78 Å². The maximum Gasteiger partial charge on any atom is 0.330 e. The largest absolute Gasteiger partial charge is 0.460 e. The molecule has 1 aromatic heterocycles. The number of aromatic amines is 2. The van der Waals surface area contributed by atoms with E-state index < -0.39 is 24.4 Å². The summed E-state index contributed by atoms with van der Waals surface area (Å²) in [6.45, 7) is 1.70. The van der Waals surface area contributed by atoms with E-state index in [4.69, 9.17) is 14.9 Å². The van der Waals surface area contributed by atoms with E-state index in [-0.39, 0.29) is 12.2 Å². The van der Waals surface area contributed by atoms with E-state index in [0.717, 1.165) is 12.8 Å². The van der Waals surface area contributed by atoms with Gasteiger partial charge in [0.25, 0.3) is 5.56 Å². The maximum atomic E-state index is 11.3. The molecular weight excluding hydrogens is 400 g/mol. The van der Waals surface area contributed by atoms with Crippen LogP contribution in [0.5, 0.6) is 0 Å². The Hall–Kier alpha value is -2.19. The molecule has 0 aliphatic carbocycles. The highest BCUT2D eigenvalue weighted by Crippen LogP contribution is 2.12. The van der Waals surface area contributed by atoms with E-state index in [2.05, 4.69) is 11.9 Å². The SMILES string of the molecule is CCCCCCCCCCCCC/C=C/C(=O)OCC(O)CO.O=c1cc[nH]c(=O)[nH]1. The summed E-state index contributed by atoms with van der Waals surface area (Å²) >= 11 is 0. The van der Waals surface area contributed by atoms with Crippen molar-refractivity contribution >= 4 is 5.97 Å². The summed E-state index contributed by atoms with van der Waals surface area (Å²) in [5.41, 5.74) is -0.855. The van der Waals surface area contributed by atoms with Gasteiger partial charge < -0.3 is 19.9 Å². The second kappa shape index (κ2) is 21.1. The molecule has 0 fully saturated rings. The van der Waals surface area contributed by atoms with E-state index in [1.165, 1.54) is 82.5 Å². The van der Waals surface area contributed by atoms with Crippen LogP contribution in [0, 0.1) is 0 Å². The first-order valence-electron chi connectivity index (χ1n) is 11.4. The van der Waals surface area contributed by atoms with Crippen LogP contribution < -0.4 is 11.2 Å². The molecule has 0 aliphatic rings. The molecular formula is C23H40N2O6. The van der Waals surface area contributed by atoms with Gasteiger partial charge in [-0.2, -0.15) is 0 Å². The molecule has 8 nitrogen and oxygen atoms in total. The molecule has 1 rings (SSSR count). The van der Waals surface area contributed by atoms with Gasteiger partial charge in [0, 0.05) is 18.3 Å². The zero-order chi connectivity index (χ0) is 23.2. The van der Waals surface area contributed by atoms with Crippen molar-refractivity contribution in [3.8, 4) is 0 Å². The van der Waals surface area contributed by atoms with Crippen LogP contribution >= 0.6 is 0 Å². The van der Waals surface area contributed by atoms with E-state index in [1.54, 1.807) is 0 Å². The summed E-state index contributed by atoms with van der Waals surface area (Å²) in [6.07, 6.45) is 18.9. The van der Waals surface area contributed by atoms with Crippen molar-refractivity contribution in [1.29, 1.82) is 0 Å². The highest BCUT2D eigenvalue weighted by molar-refractivity contribution is 5.81. The lowest BCUT2D eigenvalue weighted by Crippen LogP contribution is -2.21. The number of aliphatic hydroxyl groups excluding tert-OH is 2. The number of aliphatic hydroxyl groups is 2. The van der Waals surface area contributed by atoms with Crippen LogP contribution in [0.1, 0.15) is 84.0 Å². The molecule has 1 atom stereocenters. The second-order valence-electron chi connectivity index (χ2n) is 7.49. The third-order valence-electron chi connectivity index (χ3n) is 4.54. The van der Waals surface area contributed by atoms with Gasteiger partial charge in [-0.15, -0.1) is 0 Å². The highest BCUT2D eigenvalue weighted by Gasteiger charge is 2.04. The Balaban J connectivity index is 0.000000929. The van der Waals surface area contributed by atoms with Gasteiger partial charge in [-0.05, 0) is 12.8 Å². The average molecular weight is 441 g/mol. The summed E-state index contributed by atoms with van der Waals surface area (Å²) in [5, 5.41) is 17.6. The zero-order valence-electron chi connectivity index (χ0n) is 18.8. The van der Waals surface area contributed by atoms with Gasteiger partial charge in [0.2, 0.25) is 0 Å². The summed E-state index contributed by atoms with van der Waals surface area (Å²) in [6, 6.07) is 1.24. The number of rotatable bonds is 16. The Morgan fingerprint density at radius 2 is 1.61 bits per heavy atom. The molecule has 0 spiro atoms. The monoisotopic (exact) mass is 440 g/mol. The number of hydrogen-bond acceptors (Lipinski definition) is 6. The molecule has 0 saturated carbocycles. The Bertz CT molecular complexity index is 658. The minimum Gasteiger partial charge on any atom is -0.460 e. The Morgan fingerprint density at radius 1 is 1.03 bits per heavy atom. The third-order valence-corrected chi connectivity index (χ3v) is 4.54. The van der Waals surface area contributed by atoms with E-state index >= 15 is 0 Å². The maximum absolute atomic E-state index is 11.3. The summed E-state index contributed by atoms with van der Waals surface area (Å²) in [4.78, 5) is 35.9. The summed E-state index contributed by atoms with van der Waals surface area (Å²) < 4.78 is 4.77. The quantitative estimate of drug-likeness (QED) is 0.177. The zero-order valence-corrected chi connectivity index (χ0v) is 18.8. The molecule has 0 bridgehead atoms. The van der Waals surface area contributed by atoms with Gasteiger partial charge in [-0.1, -0.05) is 77.2 Å². The highest BCUT2D eigenvalue weighted by atomic mass is 16.5. The lowest BCUT2D eigenvalue weighted by atomic mass is 10.1. The molecule has 4 N–H and O–H groups in total. The van der Waals surface area contributed by atoms with Gasteiger partial charge in [0.1, 0.15) is 12.7 Å². The van der Waals surface area contributed by atoms with E-state index in [0.29, 0.717) is 0 Å². The molecule has 0 aromatic carbocycles. The number of allylic oxidation sites excluding steroid dienone is 1. The van der Waals surface area contributed by atoms with Crippen LogP contribution in [0.2, 0.25) is 0 Å². The number of H-pyrrole nitrogens is 2. The molecule has 178 valence electrons. The van der Waals surface area contributed by atoms with Crippen molar-refractivity contribution in [2.24, 2.45) is 0 Å². The van der Waals surface area contributed by atoms with E-state index in [9.17, 15) is 14.4 Å². The topological polar surface area (TPSA) is 132 Å². The third kappa shape index (κ3) is 20.8. The number of carbonyl (C=O) groups excluding carboxylic acids is 1. The molecule has 1 heterocycles. The average Bonchev–Trinajstić information content (AvgIpc) is 2.75. The van der Waals surface area contributed by atoms with Crippen LogP contribution in [0.4, 0.5) is 0 Å². The minimum absolute atomic E-state index is 0.155. The first kappa shape index (κ1) is 28.8. The molecule has 8 heteroatoms. The number of hydrogen-bond donors (Lipinski definition) is 4. The predicted octanol–water partition coefficient (Wildman–Crippen LogP) is 3.20. The number of unbranched alkanes of at least 4 members (excludes halogenated alkanes) is 11. The second-order valence-corrected chi connectivity index (χ2v) is 7.49. The molecule has 0 radical (unpaired) electrons. The standard InChI is InChI=1S/C19H36O4.C4H4N2O2/c1-2-3-4-5-6-7-8-9-10-11-12-13-14-15-19(22)23-17-18(21)16-20;7-3-1-2-5-4(8)6-3/h14-15,18,20-21H,2-13,16-17H2,1H3;1-2H,(H2,5,6,7,8)/b15-14+;. The van der Waals surface area contributed by atoms with Gasteiger partial charge >= 0.3 is 11.7 Å². The number of ether oxygens (including phenoxy) is 1. The minimum atomic E-state index is -0.987. The van der Waals surface area contributed by atoms with Crippen LogP contribution in [-0.4, -0.2) is 45.5 Å². The first-order valence-corrected chi connectivity index (χ1v) is 11.4. The van der Waals surface area contributed by atoms with E-state index in [1.807, 2.05) is 11.1 Å². The van der Waals surface area contributed by atoms with Gasteiger partial charge in [0.15, 0.2) is 0 Å². The smallest absolute Gasteiger partial charge is 0.330 e. The van der Waals surface area contributed by atoms with Gasteiger partial charge in [-0.25, -0.2) is 9.59 Å². The number of carbonyl (C=O) groups is 1. The normalized spacial score (nSPS) is 11.7. The lowest BCUT2D eigenvalue weighted by molar-refractivity contribution is -0.141. The number of esters is 1. The van der Waals surface area contributed by atoms with Gasteiger partial charge in [0.05, 0.1) is 6.61 Å². The molecule has 0 aliphatic heterocycles. The molecule has 31 heavy (non-hydrogen) atoms. The van der Waals surface area contributed by atoms with Crippen molar-refractivity contribution in [2.75, 3.05) is 13.2 Å². The van der Waals surface area contributed by atoms with Crippen LogP contribution in [0.15, 0.2) is 34.0 Å². The van der Waals surface area contributed by atoms with Crippen molar-refractivity contribution in [1.82, 2.24) is 9.97 Å². The van der Waals surface area contributed by atoms with Crippen molar-refractivity contribution in [3.05, 3.63) is 45.3 Å². The Morgan fingerprint density at radius 3 is 2.10 bits per heavy atom. The molecule has 1 unspecified atom stereocenters. The number of nitrogens with one attached hydrogen (secondary N) is 2. The Kier molecular flexibility index (Phi) is 19.6. The summed E-state index contributed by atoms with van der Waals surface area (Å²) in [7, 11) is 0. The first-order chi connectivity index (χ1) is 15.0. The molecule has 0 saturated heterocycles. The molecule has 1 aromatic rings. The predicted molar refractivity (Wildman–Crippen MR) is 122 cm³/mol. The molecule has 0 amide bonds. The van der Waals surface area contributed by atoms with Crippen LogP contribution in [-0.2, 0) is 9.53 Å². The lowest BCUT2D eigenvalue weighted by Gasteiger charge is -2.06. The van der Waals surface area contributed by atoms with Crippen LogP contribution in [0.25, 0.3) is 0 Å². The van der Waals surface area contributed by atoms with Crippen molar-refractivity contribution in [3.63, 3.8) is 0 Å². The Labute approximate surface area is 184 Å². The fraction of sp³-hybridized carbons (Fsp3) is 0.696. The van der Waals surface area contributed by atoms with Crippen LogP contribution in [0.3, 0.4) is 0 Å². The van der Waals surface area contributed by atoms with Crippen molar-refractivity contribution < 1.29 is 19.7 Å². The fourth-order valence-electron chi connectivity index (χ4n) is 2.77. The summed E-state index contributed by atoms with van der Waals surface area (Å²) in [5.74, 6) is -0.458. The number of aromatic nitrogens is 2. The fourth-order valence-corrected chi connectivity index (χ4v) is 2.77.